The van der Waals surface area contributed by atoms with Gasteiger partial charge in [0, 0.05) is 13.0 Å². The van der Waals surface area contributed by atoms with Crippen molar-refractivity contribution in [3.8, 4) is 0 Å². The Labute approximate surface area is 128 Å². The first kappa shape index (κ1) is 15.3. The molecule has 0 saturated carbocycles. The van der Waals surface area contributed by atoms with Crippen molar-refractivity contribution in [1.29, 1.82) is 0 Å². The summed E-state index contributed by atoms with van der Waals surface area (Å²) >= 11 is 3.58. The van der Waals surface area contributed by atoms with E-state index in [4.69, 9.17) is 0 Å². The van der Waals surface area contributed by atoms with Gasteiger partial charge in [0.15, 0.2) is 0 Å². The van der Waals surface area contributed by atoms with Crippen molar-refractivity contribution in [3.05, 3.63) is 50.8 Å². The summed E-state index contributed by atoms with van der Waals surface area (Å²) in [4.78, 5) is 0. The van der Waals surface area contributed by atoms with Crippen LogP contribution in [0.2, 0.25) is 0 Å². The molecule has 2 rings (SSSR count). The Balaban J connectivity index is 2.32. The first-order chi connectivity index (χ1) is 9.45. The van der Waals surface area contributed by atoms with Gasteiger partial charge in [0.1, 0.15) is 0 Å². The summed E-state index contributed by atoms with van der Waals surface area (Å²) in [5, 5.41) is 15.0. The van der Waals surface area contributed by atoms with Gasteiger partial charge in [-0.15, -0.1) is 0 Å². The minimum Gasteiger partial charge on any atom is -0.388 e. The van der Waals surface area contributed by atoms with Crippen LogP contribution in [0.25, 0.3) is 0 Å². The molecule has 0 fully saturated rings. The zero-order valence-electron chi connectivity index (χ0n) is 12.4. The van der Waals surface area contributed by atoms with Gasteiger partial charge in [0.2, 0.25) is 0 Å². The molecule has 0 spiro atoms. The van der Waals surface area contributed by atoms with E-state index in [1.165, 1.54) is 5.56 Å². The number of aryl methyl sites for hydroxylation is 3. The van der Waals surface area contributed by atoms with Crippen LogP contribution < -0.4 is 0 Å². The Hall–Kier alpha value is -1.13. The van der Waals surface area contributed by atoms with E-state index in [-0.39, 0.29) is 0 Å². The second-order valence-electron chi connectivity index (χ2n) is 5.17. The van der Waals surface area contributed by atoms with Crippen molar-refractivity contribution in [2.45, 2.75) is 46.8 Å². The average molecular weight is 337 g/mol. The third-order valence-electron chi connectivity index (χ3n) is 3.85. The summed E-state index contributed by atoms with van der Waals surface area (Å²) in [5.74, 6) is 0. The number of hydrogen-bond acceptors (Lipinski definition) is 2. The number of aromatic nitrogens is 2. The van der Waals surface area contributed by atoms with E-state index in [0.717, 1.165) is 33.5 Å². The third kappa shape index (κ3) is 2.81. The first-order valence-corrected chi connectivity index (χ1v) is 7.71. The van der Waals surface area contributed by atoms with Gasteiger partial charge in [-0.25, -0.2) is 0 Å². The van der Waals surface area contributed by atoms with E-state index >= 15 is 0 Å². The van der Waals surface area contributed by atoms with E-state index in [1.807, 2.05) is 23.7 Å². The van der Waals surface area contributed by atoms with Gasteiger partial charge in [-0.05, 0) is 60.3 Å². The lowest BCUT2D eigenvalue weighted by Crippen LogP contribution is -2.10. The zero-order valence-corrected chi connectivity index (χ0v) is 14.0. The van der Waals surface area contributed by atoms with Gasteiger partial charge in [-0.2, -0.15) is 5.10 Å². The van der Waals surface area contributed by atoms with E-state index in [2.05, 4.69) is 47.9 Å². The Morgan fingerprint density at radius 3 is 2.65 bits per heavy atom. The van der Waals surface area contributed by atoms with E-state index in [1.54, 1.807) is 0 Å². The SMILES string of the molecule is CCn1nc(C)c(Br)c1CC(O)c1cccc(C)c1C. The molecule has 1 heterocycles. The maximum Gasteiger partial charge on any atom is 0.0848 e. The van der Waals surface area contributed by atoms with E-state index in [9.17, 15) is 5.11 Å². The summed E-state index contributed by atoms with van der Waals surface area (Å²) in [7, 11) is 0. The van der Waals surface area contributed by atoms with E-state index in [0.29, 0.717) is 6.42 Å². The summed E-state index contributed by atoms with van der Waals surface area (Å²) < 4.78 is 2.96. The Morgan fingerprint density at radius 2 is 2.00 bits per heavy atom. The standard InChI is InChI=1S/C16H21BrN2O/c1-5-19-14(16(17)12(4)18-19)9-15(20)13-8-6-7-10(2)11(13)3/h6-8,15,20H,5,9H2,1-4H3. The van der Waals surface area contributed by atoms with Gasteiger partial charge >= 0.3 is 0 Å². The number of aliphatic hydroxyl groups excluding tert-OH is 1. The number of benzene rings is 1. The predicted molar refractivity (Wildman–Crippen MR) is 84.9 cm³/mol. The van der Waals surface area contributed by atoms with Crippen molar-refractivity contribution in [3.63, 3.8) is 0 Å². The van der Waals surface area contributed by atoms with Crippen LogP contribution in [0.3, 0.4) is 0 Å². The lowest BCUT2D eigenvalue weighted by molar-refractivity contribution is 0.174. The second-order valence-corrected chi connectivity index (χ2v) is 5.96. The molecule has 1 N–H and O–H groups in total. The molecule has 0 amide bonds. The molecule has 4 heteroatoms. The van der Waals surface area contributed by atoms with Gasteiger partial charge in [-0.3, -0.25) is 4.68 Å². The monoisotopic (exact) mass is 336 g/mol. The van der Waals surface area contributed by atoms with Crippen LogP contribution in [0.5, 0.6) is 0 Å². The van der Waals surface area contributed by atoms with Crippen molar-refractivity contribution in [2.75, 3.05) is 0 Å². The minimum absolute atomic E-state index is 0.507. The molecule has 20 heavy (non-hydrogen) atoms. The van der Waals surface area contributed by atoms with Crippen LogP contribution in [0, 0.1) is 20.8 Å². The largest absolute Gasteiger partial charge is 0.388 e. The van der Waals surface area contributed by atoms with Crippen molar-refractivity contribution >= 4 is 15.9 Å². The molecule has 0 bridgehead atoms. The van der Waals surface area contributed by atoms with Crippen LogP contribution >= 0.6 is 15.9 Å². The molecule has 1 unspecified atom stereocenters. The molecule has 0 aliphatic carbocycles. The quantitative estimate of drug-likeness (QED) is 0.920. The number of nitrogens with zero attached hydrogens (tertiary/aromatic N) is 2. The molecule has 0 aliphatic heterocycles. The molecule has 1 aromatic carbocycles. The fourth-order valence-corrected chi connectivity index (χ4v) is 2.94. The predicted octanol–water partition coefficient (Wildman–Crippen LogP) is 3.87. The third-order valence-corrected chi connectivity index (χ3v) is 4.88. The Bertz CT molecular complexity index is 619. The average Bonchev–Trinajstić information content (AvgIpc) is 2.69. The molecule has 1 atom stereocenters. The van der Waals surface area contributed by atoms with Crippen LogP contribution in [0.1, 0.15) is 41.1 Å². The fourth-order valence-electron chi connectivity index (χ4n) is 2.49. The molecule has 0 radical (unpaired) electrons. The highest BCUT2D eigenvalue weighted by molar-refractivity contribution is 9.10. The number of hydrogen-bond donors (Lipinski definition) is 1. The van der Waals surface area contributed by atoms with Crippen LogP contribution in [0.4, 0.5) is 0 Å². The maximum atomic E-state index is 10.6. The smallest absolute Gasteiger partial charge is 0.0848 e. The molecule has 1 aromatic heterocycles. The molecular formula is C16H21BrN2O. The number of aliphatic hydroxyl groups is 1. The molecule has 0 saturated heterocycles. The lowest BCUT2D eigenvalue weighted by Gasteiger charge is -2.16. The van der Waals surface area contributed by atoms with Crippen molar-refractivity contribution in [2.24, 2.45) is 0 Å². The van der Waals surface area contributed by atoms with Crippen molar-refractivity contribution < 1.29 is 5.11 Å². The van der Waals surface area contributed by atoms with Gasteiger partial charge in [0.25, 0.3) is 0 Å². The normalized spacial score (nSPS) is 12.7. The van der Waals surface area contributed by atoms with Crippen LogP contribution in [-0.2, 0) is 13.0 Å². The van der Waals surface area contributed by atoms with Gasteiger partial charge in [0.05, 0.1) is 22.0 Å². The molecular weight excluding hydrogens is 316 g/mol. The van der Waals surface area contributed by atoms with E-state index < -0.39 is 6.10 Å². The topological polar surface area (TPSA) is 38.0 Å². The molecule has 3 nitrogen and oxygen atoms in total. The fraction of sp³-hybridized carbons (Fsp3) is 0.438. The number of rotatable bonds is 4. The molecule has 2 aromatic rings. The summed E-state index contributed by atoms with van der Waals surface area (Å²) in [6.07, 6.45) is 0.0622. The van der Waals surface area contributed by atoms with Crippen LogP contribution in [-0.4, -0.2) is 14.9 Å². The maximum absolute atomic E-state index is 10.6. The highest BCUT2D eigenvalue weighted by Crippen LogP contribution is 2.28. The van der Waals surface area contributed by atoms with Gasteiger partial charge < -0.3 is 5.11 Å². The minimum atomic E-state index is -0.507. The Morgan fingerprint density at radius 1 is 1.30 bits per heavy atom. The summed E-state index contributed by atoms with van der Waals surface area (Å²) in [6, 6.07) is 6.07. The second kappa shape index (κ2) is 6.10. The highest BCUT2D eigenvalue weighted by atomic mass is 79.9. The Kier molecular flexibility index (Phi) is 4.66. The number of halogens is 1. The lowest BCUT2D eigenvalue weighted by atomic mass is 9.96. The summed E-state index contributed by atoms with van der Waals surface area (Å²) in [6.45, 7) is 8.98. The van der Waals surface area contributed by atoms with Gasteiger partial charge in [-0.1, -0.05) is 18.2 Å². The highest BCUT2D eigenvalue weighted by Gasteiger charge is 2.18. The van der Waals surface area contributed by atoms with Crippen LogP contribution in [0.15, 0.2) is 22.7 Å². The van der Waals surface area contributed by atoms with Crippen molar-refractivity contribution in [1.82, 2.24) is 9.78 Å². The molecule has 0 aliphatic rings. The summed E-state index contributed by atoms with van der Waals surface area (Å²) in [5.41, 5.74) is 5.39. The first-order valence-electron chi connectivity index (χ1n) is 6.91. The zero-order chi connectivity index (χ0) is 14.9. The molecule has 108 valence electrons.